The van der Waals surface area contributed by atoms with Crippen LogP contribution >= 0.6 is 11.6 Å². The van der Waals surface area contributed by atoms with Crippen LogP contribution in [-0.2, 0) is 16.1 Å². The van der Waals surface area contributed by atoms with Crippen LogP contribution < -0.4 is 10.6 Å². The smallest absolute Gasteiger partial charge is 0.475 e. The molecule has 2 aromatic carbocycles. The van der Waals surface area contributed by atoms with Gasteiger partial charge in [0, 0.05) is 24.5 Å². The van der Waals surface area contributed by atoms with Crippen molar-refractivity contribution in [2.75, 3.05) is 30.8 Å². The maximum absolute atomic E-state index is 13.5. The molecule has 1 fully saturated rings. The number of carboxylic acids is 1. The summed E-state index contributed by atoms with van der Waals surface area (Å²) in [6.07, 6.45) is 0.0405. The SMILES string of the molecule is CN1Cc2ccccc2N(C(=O)c2ccc(N)cc2Cl)CC1COC1CCCC1.O=C(O)C(F)(F)F. The molecule has 1 unspecified atom stereocenters. The Hall–Kier alpha value is -2.82. The van der Waals surface area contributed by atoms with Crippen LogP contribution in [0.3, 0.4) is 0 Å². The number of nitrogen functional groups attached to an aromatic ring is 1. The number of halogens is 4. The van der Waals surface area contributed by atoms with Crippen molar-refractivity contribution in [3.05, 3.63) is 58.6 Å². The number of rotatable bonds is 4. The largest absolute Gasteiger partial charge is 0.490 e. The fraction of sp³-hybridized carbons (Fsp3) is 0.440. The molecule has 11 heteroatoms. The molecule has 0 radical (unpaired) electrons. The maximum atomic E-state index is 13.5. The quantitative estimate of drug-likeness (QED) is 0.545. The lowest BCUT2D eigenvalue weighted by molar-refractivity contribution is -0.192. The van der Waals surface area contributed by atoms with E-state index in [4.69, 9.17) is 32.0 Å². The van der Waals surface area contributed by atoms with Crippen LogP contribution in [0.4, 0.5) is 24.5 Å². The van der Waals surface area contributed by atoms with E-state index in [2.05, 4.69) is 18.0 Å². The second-order valence-electron chi connectivity index (χ2n) is 8.90. The summed E-state index contributed by atoms with van der Waals surface area (Å²) in [6.45, 7) is 1.95. The molecular formula is C25H29ClF3N3O4. The van der Waals surface area contributed by atoms with Crippen molar-refractivity contribution >= 4 is 34.9 Å². The Bertz CT molecular complexity index is 1080. The van der Waals surface area contributed by atoms with Gasteiger partial charge in [0.05, 0.1) is 29.3 Å². The number of carbonyl (C=O) groups excluding carboxylic acids is 1. The lowest BCUT2D eigenvalue weighted by atomic mass is 10.1. The lowest BCUT2D eigenvalue weighted by Crippen LogP contribution is -2.45. The van der Waals surface area contributed by atoms with E-state index in [0.717, 1.165) is 30.6 Å². The van der Waals surface area contributed by atoms with Gasteiger partial charge in [-0.2, -0.15) is 13.2 Å². The number of hydrogen-bond donors (Lipinski definition) is 2. The van der Waals surface area contributed by atoms with Crippen LogP contribution in [-0.4, -0.2) is 60.4 Å². The highest BCUT2D eigenvalue weighted by Crippen LogP contribution is 2.31. The van der Waals surface area contributed by atoms with E-state index < -0.39 is 12.1 Å². The highest BCUT2D eigenvalue weighted by Gasteiger charge is 2.38. The molecule has 4 rings (SSSR count). The van der Waals surface area contributed by atoms with E-state index in [0.29, 0.717) is 35.5 Å². The molecule has 0 spiro atoms. The van der Waals surface area contributed by atoms with E-state index in [1.54, 1.807) is 18.2 Å². The zero-order chi connectivity index (χ0) is 26.5. The second-order valence-corrected chi connectivity index (χ2v) is 9.30. The molecule has 36 heavy (non-hydrogen) atoms. The number of ether oxygens (including phenoxy) is 1. The van der Waals surface area contributed by atoms with E-state index >= 15 is 0 Å². The van der Waals surface area contributed by atoms with Crippen molar-refractivity contribution in [1.29, 1.82) is 0 Å². The molecular weight excluding hydrogens is 499 g/mol. The van der Waals surface area contributed by atoms with Gasteiger partial charge in [-0.05, 0) is 49.7 Å². The zero-order valence-electron chi connectivity index (χ0n) is 19.8. The average Bonchev–Trinajstić information content (AvgIpc) is 3.28. The number of alkyl halides is 3. The molecule has 3 N–H and O–H groups in total. The minimum atomic E-state index is -5.08. The first-order chi connectivity index (χ1) is 17.0. The molecule has 1 atom stereocenters. The number of nitrogens with zero attached hydrogens (tertiary/aromatic N) is 2. The van der Waals surface area contributed by atoms with E-state index in [1.807, 2.05) is 23.1 Å². The molecule has 1 aliphatic carbocycles. The van der Waals surface area contributed by atoms with Gasteiger partial charge < -0.3 is 20.5 Å². The van der Waals surface area contributed by atoms with Crippen molar-refractivity contribution < 1.29 is 32.6 Å². The normalized spacial score (nSPS) is 18.7. The topological polar surface area (TPSA) is 96.1 Å². The Balaban J connectivity index is 0.000000454. The van der Waals surface area contributed by atoms with Gasteiger partial charge >= 0.3 is 12.1 Å². The summed E-state index contributed by atoms with van der Waals surface area (Å²) in [7, 11) is 2.10. The van der Waals surface area contributed by atoms with Gasteiger partial charge in [0.2, 0.25) is 0 Å². The number of benzene rings is 2. The van der Waals surface area contributed by atoms with E-state index in [1.165, 1.54) is 12.8 Å². The predicted molar refractivity (Wildman–Crippen MR) is 131 cm³/mol. The molecule has 0 bridgehead atoms. The van der Waals surface area contributed by atoms with Gasteiger partial charge in [-0.1, -0.05) is 42.6 Å². The number of nitrogens with two attached hydrogens (primary N) is 1. The fourth-order valence-corrected chi connectivity index (χ4v) is 4.55. The summed E-state index contributed by atoms with van der Waals surface area (Å²) in [5.41, 5.74) is 8.88. The van der Waals surface area contributed by atoms with Crippen LogP contribution in [0.15, 0.2) is 42.5 Å². The van der Waals surface area contributed by atoms with Crippen molar-refractivity contribution in [3.63, 3.8) is 0 Å². The first kappa shape index (κ1) is 27.8. The number of amides is 1. The standard InChI is InChI=1S/C23H28ClN3O2.C2HF3O2/c1-26-13-16-6-2-5-9-22(16)27(14-18(26)15-29-19-7-3-4-8-19)23(28)20-11-10-17(25)12-21(20)24;3-2(4,5)1(6)7/h2,5-6,9-12,18-19H,3-4,7-8,13-15,25H2,1H3;(H,6,7). The number of anilines is 2. The molecule has 1 aliphatic heterocycles. The predicted octanol–water partition coefficient (Wildman–Crippen LogP) is 4.98. The number of para-hydroxylation sites is 1. The number of carboxylic acid groups (broad SMARTS) is 1. The number of aliphatic carboxylic acids is 1. The van der Waals surface area contributed by atoms with Crippen LogP contribution in [0, 0.1) is 0 Å². The molecule has 0 aromatic heterocycles. The molecule has 7 nitrogen and oxygen atoms in total. The van der Waals surface area contributed by atoms with Gasteiger partial charge in [0.15, 0.2) is 0 Å². The fourth-order valence-electron chi connectivity index (χ4n) is 4.28. The summed E-state index contributed by atoms with van der Waals surface area (Å²) < 4.78 is 38.0. The third-order valence-electron chi connectivity index (χ3n) is 6.26. The zero-order valence-corrected chi connectivity index (χ0v) is 20.6. The van der Waals surface area contributed by atoms with Crippen molar-refractivity contribution in [2.24, 2.45) is 0 Å². The van der Waals surface area contributed by atoms with Crippen LogP contribution in [0.2, 0.25) is 5.02 Å². The Labute approximate surface area is 212 Å². The third kappa shape index (κ3) is 7.11. The molecule has 1 amide bonds. The summed E-state index contributed by atoms with van der Waals surface area (Å²) in [6, 6.07) is 13.2. The molecule has 2 aromatic rings. The molecule has 196 valence electrons. The lowest BCUT2D eigenvalue weighted by Gasteiger charge is -2.30. The van der Waals surface area contributed by atoms with Gasteiger partial charge in [-0.3, -0.25) is 9.69 Å². The molecule has 0 saturated heterocycles. The Kier molecular flexibility index (Phi) is 9.21. The van der Waals surface area contributed by atoms with Gasteiger partial charge in [-0.25, -0.2) is 4.79 Å². The van der Waals surface area contributed by atoms with Crippen LogP contribution in [0.5, 0.6) is 0 Å². The van der Waals surface area contributed by atoms with Crippen LogP contribution in [0.1, 0.15) is 41.6 Å². The third-order valence-corrected chi connectivity index (χ3v) is 6.57. The van der Waals surface area contributed by atoms with Crippen molar-refractivity contribution in [1.82, 2.24) is 4.90 Å². The van der Waals surface area contributed by atoms with Crippen LogP contribution in [0.25, 0.3) is 0 Å². The second kappa shape index (κ2) is 11.9. The Morgan fingerprint density at radius 3 is 2.42 bits per heavy atom. The minimum absolute atomic E-state index is 0.108. The summed E-state index contributed by atoms with van der Waals surface area (Å²) in [4.78, 5) is 26.5. The van der Waals surface area contributed by atoms with E-state index in [-0.39, 0.29) is 11.9 Å². The number of fused-ring (bicyclic) bond motifs is 1. The minimum Gasteiger partial charge on any atom is -0.475 e. The number of likely N-dealkylation sites (N-methyl/N-ethyl adjacent to an activating group) is 1. The molecule has 2 aliphatic rings. The average molecular weight is 528 g/mol. The summed E-state index contributed by atoms with van der Waals surface area (Å²) in [5, 5.41) is 7.50. The van der Waals surface area contributed by atoms with Crippen molar-refractivity contribution in [3.8, 4) is 0 Å². The summed E-state index contributed by atoms with van der Waals surface area (Å²) in [5.74, 6) is -2.86. The van der Waals surface area contributed by atoms with Gasteiger partial charge in [-0.15, -0.1) is 0 Å². The van der Waals surface area contributed by atoms with Gasteiger partial charge in [0.25, 0.3) is 5.91 Å². The first-order valence-corrected chi connectivity index (χ1v) is 11.9. The summed E-state index contributed by atoms with van der Waals surface area (Å²) >= 11 is 6.36. The Morgan fingerprint density at radius 2 is 1.81 bits per heavy atom. The first-order valence-electron chi connectivity index (χ1n) is 11.5. The highest BCUT2D eigenvalue weighted by atomic mass is 35.5. The van der Waals surface area contributed by atoms with Crippen molar-refractivity contribution in [2.45, 2.75) is 50.6 Å². The monoisotopic (exact) mass is 527 g/mol. The van der Waals surface area contributed by atoms with E-state index in [9.17, 15) is 18.0 Å². The number of hydrogen-bond acceptors (Lipinski definition) is 5. The van der Waals surface area contributed by atoms with Gasteiger partial charge in [0.1, 0.15) is 0 Å². The number of carbonyl (C=O) groups is 2. The molecule has 1 saturated carbocycles. The molecule has 1 heterocycles. The highest BCUT2D eigenvalue weighted by molar-refractivity contribution is 6.34. The maximum Gasteiger partial charge on any atom is 0.490 e. The Morgan fingerprint density at radius 1 is 1.17 bits per heavy atom.